The standard InChI is InChI=1S/C16H14N5/c1-19-13-11-6-4-8-18-14(11)20(2)16(13)21-9-10-5-3-7-17-12(10)15(19)21/h3-8H,9H2,1-2H3/q+1/i2D3. The molecule has 0 spiro atoms. The van der Waals surface area contributed by atoms with Crippen LogP contribution in [0.25, 0.3) is 33.7 Å². The molecule has 4 aromatic heterocycles. The highest BCUT2D eigenvalue weighted by Gasteiger charge is 2.35. The van der Waals surface area contributed by atoms with Gasteiger partial charge in [-0.1, -0.05) is 6.07 Å². The fourth-order valence-corrected chi connectivity index (χ4v) is 3.43. The number of aryl methyl sites for hydroxylation is 2. The second-order valence-electron chi connectivity index (χ2n) is 5.36. The van der Waals surface area contributed by atoms with Crippen LogP contribution in [0.2, 0.25) is 0 Å². The number of aromatic nitrogens is 5. The first kappa shape index (κ1) is 8.56. The summed E-state index contributed by atoms with van der Waals surface area (Å²) in [6, 6.07) is 7.69. The molecule has 5 rings (SSSR count). The van der Waals surface area contributed by atoms with E-state index in [0.29, 0.717) is 17.8 Å². The summed E-state index contributed by atoms with van der Waals surface area (Å²) in [7, 11) is 1.95. The van der Waals surface area contributed by atoms with E-state index >= 15 is 0 Å². The van der Waals surface area contributed by atoms with Gasteiger partial charge in [0.15, 0.2) is 5.52 Å². The zero-order valence-electron chi connectivity index (χ0n) is 14.4. The summed E-state index contributed by atoms with van der Waals surface area (Å²) in [5, 5.41) is 0.838. The largest absolute Gasteiger partial charge is 0.271 e. The van der Waals surface area contributed by atoms with E-state index < -0.39 is 6.98 Å². The van der Waals surface area contributed by atoms with Gasteiger partial charge in [-0.2, -0.15) is 0 Å². The van der Waals surface area contributed by atoms with Crippen molar-refractivity contribution < 1.29 is 8.68 Å². The summed E-state index contributed by atoms with van der Waals surface area (Å²) in [5.74, 6) is 0.930. The number of fused-ring (bicyclic) bond motifs is 7. The Morgan fingerprint density at radius 1 is 1.19 bits per heavy atom. The molecule has 0 N–H and O–H groups in total. The number of imidazole rings is 1. The molecule has 0 fully saturated rings. The van der Waals surface area contributed by atoms with Crippen molar-refractivity contribution in [2.45, 2.75) is 6.54 Å². The number of rotatable bonds is 0. The number of nitrogens with zero attached hydrogens (tertiary/aromatic N) is 5. The Kier molecular flexibility index (Phi) is 1.42. The first-order chi connectivity index (χ1) is 11.5. The van der Waals surface area contributed by atoms with Crippen molar-refractivity contribution in [3.05, 3.63) is 42.2 Å². The van der Waals surface area contributed by atoms with Gasteiger partial charge >= 0.3 is 0 Å². The predicted molar refractivity (Wildman–Crippen MR) is 79.7 cm³/mol. The molecule has 0 saturated carbocycles. The Balaban J connectivity index is 2.02. The minimum Gasteiger partial charge on any atom is -0.254 e. The molecule has 0 aromatic carbocycles. The maximum atomic E-state index is 8.00. The maximum absolute atomic E-state index is 8.00. The molecule has 0 radical (unpaired) electrons. The molecule has 5 nitrogen and oxygen atoms in total. The first-order valence-corrected chi connectivity index (χ1v) is 6.81. The summed E-state index contributed by atoms with van der Waals surface area (Å²) in [4.78, 5) is 8.83. The topological polar surface area (TPSA) is 39.5 Å². The van der Waals surface area contributed by atoms with Crippen molar-refractivity contribution in [1.82, 2.24) is 19.1 Å². The van der Waals surface area contributed by atoms with Gasteiger partial charge in [-0.05, 0) is 18.2 Å². The zero-order valence-corrected chi connectivity index (χ0v) is 11.4. The lowest BCUT2D eigenvalue weighted by Crippen LogP contribution is -2.33. The van der Waals surface area contributed by atoms with Crippen LogP contribution < -0.4 is 4.57 Å². The normalized spacial score (nSPS) is 15.8. The third kappa shape index (κ3) is 1.15. The van der Waals surface area contributed by atoms with E-state index in [0.717, 1.165) is 28.0 Å². The maximum Gasteiger partial charge on any atom is 0.271 e. The Morgan fingerprint density at radius 3 is 2.95 bits per heavy atom. The molecule has 4 aromatic rings. The summed E-state index contributed by atoms with van der Waals surface area (Å²) in [6.45, 7) is -1.69. The van der Waals surface area contributed by atoms with Crippen molar-refractivity contribution in [3.63, 3.8) is 0 Å². The third-order valence-corrected chi connectivity index (χ3v) is 4.27. The minimum absolute atomic E-state index is 0.484. The van der Waals surface area contributed by atoms with E-state index in [9.17, 15) is 0 Å². The average molecular weight is 279 g/mol. The molecule has 5 heterocycles. The highest BCUT2D eigenvalue weighted by Crippen LogP contribution is 2.33. The molecule has 102 valence electrons. The highest BCUT2D eigenvalue weighted by atomic mass is 15.3. The molecule has 1 aliphatic heterocycles. The molecule has 0 bridgehead atoms. The second-order valence-corrected chi connectivity index (χ2v) is 5.36. The molecule has 0 aliphatic carbocycles. The van der Waals surface area contributed by atoms with Crippen LogP contribution in [0.5, 0.6) is 0 Å². The molecular formula is C16H14N5+. The Hall–Kier alpha value is -2.69. The van der Waals surface area contributed by atoms with Gasteiger partial charge in [0.05, 0.1) is 30.1 Å². The molecule has 0 amide bonds. The molecule has 0 saturated heterocycles. The van der Waals surface area contributed by atoms with Gasteiger partial charge in [-0.3, -0.25) is 4.57 Å². The van der Waals surface area contributed by atoms with E-state index in [4.69, 9.17) is 4.11 Å². The van der Waals surface area contributed by atoms with Gasteiger partial charge in [0.2, 0.25) is 5.65 Å². The van der Waals surface area contributed by atoms with Crippen molar-refractivity contribution in [1.29, 1.82) is 0 Å². The third-order valence-electron chi connectivity index (χ3n) is 4.27. The number of pyridine rings is 2. The Labute approximate surface area is 125 Å². The molecule has 1 aliphatic rings. The van der Waals surface area contributed by atoms with Gasteiger partial charge < -0.3 is 0 Å². The van der Waals surface area contributed by atoms with Crippen molar-refractivity contribution in [2.24, 2.45) is 14.0 Å². The summed E-state index contributed by atoms with van der Waals surface area (Å²) < 4.78 is 29.4. The van der Waals surface area contributed by atoms with Gasteiger partial charge in [-0.25, -0.2) is 19.1 Å². The van der Waals surface area contributed by atoms with Crippen LogP contribution >= 0.6 is 0 Å². The lowest BCUT2D eigenvalue weighted by Gasteiger charge is -1.96. The van der Waals surface area contributed by atoms with Gasteiger partial charge in [-0.15, -0.1) is 0 Å². The quantitative estimate of drug-likeness (QED) is 0.405. The molecule has 5 heteroatoms. The first-order valence-electron chi connectivity index (χ1n) is 8.31. The predicted octanol–water partition coefficient (Wildman–Crippen LogP) is 1.78. The van der Waals surface area contributed by atoms with Crippen LogP contribution in [0.3, 0.4) is 0 Å². The second kappa shape index (κ2) is 3.49. The van der Waals surface area contributed by atoms with Gasteiger partial charge in [0, 0.05) is 18.0 Å². The number of hydrogen-bond acceptors (Lipinski definition) is 2. The average Bonchev–Trinajstić information content (AvgIpc) is 3.16. The molecule has 0 unspecified atom stereocenters. The summed E-state index contributed by atoms with van der Waals surface area (Å²) >= 11 is 0. The van der Waals surface area contributed by atoms with Crippen LogP contribution in [0.1, 0.15) is 9.68 Å². The van der Waals surface area contributed by atoms with Crippen molar-refractivity contribution >= 4 is 22.2 Å². The van der Waals surface area contributed by atoms with Crippen LogP contribution in [0, 0.1) is 0 Å². The minimum atomic E-state index is -2.31. The van der Waals surface area contributed by atoms with Crippen LogP contribution in [0.4, 0.5) is 0 Å². The van der Waals surface area contributed by atoms with E-state index in [-0.39, 0.29) is 0 Å². The van der Waals surface area contributed by atoms with Crippen molar-refractivity contribution in [3.8, 4) is 11.5 Å². The monoisotopic (exact) mass is 279 g/mol. The summed E-state index contributed by atoms with van der Waals surface area (Å²) in [5.41, 5.74) is 4.03. The van der Waals surface area contributed by atoms with E-state index in [1.807, 2.05) is 40.4 Å². The van der Waals surface area contributed by atoms with Crippen molar-refractivity contribution in [2.75, 3.05) is 0 Å². The zero-order chi connectivity index (χ0) is 16.6. The molecule has 21 heavy (non-hydrogen) atoms. The summed E-state index contributed by atoms with van der Waals surface area (Å²) in [6.07, 6.45) is 3.40. The van der Waals surface area contributed by atoms with E-state index in [1.165, 1.54) is 4.57 Å². The van der Waals surface area contributed by atoms with Gasteiger partial charge in [0.25, 0.3) is 11.5 Å². The Bertz CT molecular complexity index is 1140. The Morgan fingerprint density at radius 2 is 2.05 bits per heavy atom. The smallest absolute Gasteiger partial charge is 0.254 e. The molecule has 0 atom stereocenters. The SMILES string of the molecule is [2H]C([2H])([2H])n1c2ncccc2c2c1[n+]1c(n2C)-c2ncccc2C1. The van der Waals surface area contributed by atoms with Crippen LogP contribution in [-0.2, 0) is 20.6 Å². The van der Waals surface area contributed by atoms with Gasteiger partial charge in [0.1, 0.15) is 5.69 Å². The van der Waals surface area contributed by atoms with E-state index in [2.05, 4.69) is 9.97 Å². The van der Waals surface area contributed by atoms with E-state index in [1.54, 1.807) is 12.4 Å². The highest BCUT2D eigenvalue weighted by molar-refractivity contribution is 6.03. The van der Waals surface area contributed by atoms with Crippen LogP contribution in [0.15, 0.2) is 36.7 Å². The lowest BCUT2D eigenvalue weighted by atomic mass is 10.2. The number of hydrogen-bond donors (Lipinski definition) is 0. The molecular weight excluding hydrogens is 262 g/mol. The lowest BCUT2D eigenvalue weighted by molar-refractivity contribution is -0.648. The fourth-order valence-electron chi connectivity index (χ4n) is 3.43. The fraction of sp³-hybridized carbons (Fsp3) is 0.188. The van der Waals surface area contributed by atoms with Crippen LogP contribution in [-0.4, -0.2) is 19.1 Å².